The minimum atomic E-state index is -3.21. The molecule has 30 heavy (non-hydrogen) atoms. The van der Waals surface area contributed by atoms with Crippen molar-refractivity contribution in [2.45, 2.75) is 33.0 Å². The molecule has 8 nitrogen and oxygen atoms in total. The zero-order valence-electron chi connectivity index (χ0n) is 17.3. The third-order valence-corrected chi connectivity index (χ3v) is 5.33. The first-order valence-corrected chi connectivity index (χ1v) is 11.2. The van der Waals surface area contributed by atoms with Gasteiger partial charge in [-0.1, -0.05) is 19.1 Å². The van der Waals surface area contributed by atoms with E-state index in [1.807, 2.05) is 6.92 Å². The van der Waals surface area contributed by atoms with Gasteiger partial charge in [0.2, 0.25) is 10.0 Å². The number of aliphatic hydroxyl groups is 1. The second-order valence-electron chi connectivity index (χ2n) is 6.22. The molecule has 0 bridgehead atoms. The number of ether oxygens (including phenoxy) is 1. The monoisotopic (exact) mass is 564 g/mol. The summed E-state index contributed by atoms with van der Waals surface area (Å²) in [4.78, 5) is 4.31. The predicted octanol–water partition coefficient (Wildman–Crippen LogP) is 2.17. The average Bonchev–Trinajstić information content (AvgIpc) is 2.64. The van der Waals surface area contributed by atoms with Gasteiger partial charge in [0.15, 0.2) is 5.96 Å². The summed E-state index contributed by atoms with van der Waals surface area (Å²) in [6, 6.07) is 5.73. The second kappa shape index (κ2) is 14.7. The van der Waals surface area contributed by atoms with Gasteiger partial charge in [-0.25, -0.2) is 12.7 Å². The van der Waals surface area contributed by atoms with E-state index in [4.69, 9.17) is 0 Å². The van der Waals surface area contributed by atoms with Crippen LogP contribution in [0.3, 0.4) is 0 Å². The van der Waals surface area contributed by atoms with Crippen molar-refractivity contribution in [1.29, 1.82) is 0 Å². The van der Waals surface area contributed by atoms with E-state index in [1.54, 1.807) is 6.92 Å². The first-order valence-electron chi connectivity index (χ1n) is 9.37. The summed E-state index contributed by atoms with van der Waals surface area (Å²) < 4.78 is 53.2. The van der Waals surface area contributed by atoms with Crippen LogP contribution in [0.25, 0.3) is 0 Å². The average molecular weight is 564 g/mol. The largest absolute Gasteiger partial charge is 0.435 e. The SMILES string of the molecule is CCNC(=NCC(O)c1ccc(OC(F)F)cc1)NCCCN(CC)S(C)(=O)=O.I. The molecule has 1 aromatic carbocycles. The van der Waals surface area contributed by atoms with E-state index < -0.39 is 22.7 Å². The molecule has 0 heterocycles. The lowest BCUT2D eigenvalue weighted by Crippen LogP contribution is -2.39. The van der Waals surface area contributed by atoms with Crippen LogP contribution in [0, 0.1) is 0 Å². The Bertz CT molecular complexity index is 736. The predicted molar refractivity (Wildman–Crippen MR) is 124 cm³/mol. The lowest BCUT2D eigenvalue weighted by atomic mass is 10.1. The van der Waals surface area contributed by atoms with Gasteiger partial charge in [0.1, 0.15) is 5.75 Å². The van der Waals surface area contributed by atoms with Crippen LogP contribution in [0.5, 0.6) is 5.75 Å². The minimum Gasteiger partial charge on any atom is -0.435 e. The number of hydrogen-bond acceptors (Lipinski definition) is 5. The summed E-state index contributed by atoms with van der Waals surface area (Å²) in [6.07, 6.45) is 0.870. The number of halogens is 3. The maximum absolute atomic E-state index is 12.2. The molecule has 0 spiro atoms. The highest BCUT2D eigenvalue weighted by Gasteiger charge is 2.13. The van der Waals surface area contributed by atoms with Crippen LogP contribution in [0.4, 0.5) is 8.78 Å². The van der Waals surface area contributed by atoms with Gasteiger partial charge in [0.25, 0.3) is 0 Å². The van der Waals surface area contributed by atoms with Crippen molar-refractivity contribution in [3.63, 3.8) is 0 Å². The normalized spacial score (nSPS) is 13.1. The fraction of sp³-hybridized carbons (Fsp3) is 0.611. The van der Waals surface area contributed by atoms with E-state index >= 15 is 0 Å². The quantitative estimate of drug-likeness (QED) is 0.156. The maximum Gasteiger partial charge on any atom is 0.387 e. The van der Waals surface area contributed by atoms with E-state index in [1.165, 1.54) is 34.8 Å². The van der Waals surface area contributed by atoms with Crippen LogP contribution in [0.2, 0.25) is 0 Å². The van der Waals surface area contributed by atoms with E-state index in [2.05, 4.69) is 20.4 Å². The van der Waals surface area contributed by atoms with Gasteiger partial charge in [-0.15, -0.1) is 24.0 Å². The second-order valence-corrected chi connectivity index (χ2v) is 8.20. The Hall–Kier alpha value is -1.25. The van der Waals surface area contributed by atoms with E-state index in [-0.39, 0.29) is 36.3 Å². The smallest absolute Gasteiger partial charge is 0.387 e. The number of hydrogen-bond donors (Lipinski definition) is 3. The third-order valence-electron chi connectivity index (χ3n) is 3.96. The van der Waals surface area contributed by atoms with Gasteiger partial charge in [-0.3, -0.25) is 4.99 Å². The Morgan fingerprint density at radius 2 is 1.87 bits per heavy atom. The van der Waals surface area contributed by atoms with Gasteiger partial charge in [0.05, 0.1) is 18.9 Å². The van der Waals surface area contributed by atoms with Crippen molar-refractivity contribution >= 4 is 40.0 Å². The maximum atomic E-state index is 12.2. The molecule has 1 aromatic rings. The number of benzene rings is 1. The summed E-state index contributed by atoms with van der Waals surface area (Å²) in [5, 5.41) is 16.4. The molecule has 1 rings (SSSR count). The molecule has 3 N–H and O–H groups in total. The van der Waals surface area contributed by atoms with Crippen LogP contribution < -0.4 is 15.4 Å². The van der Waals surface area contributed by atoms with Crippen molar-refractivity contribution in [2.24, 2.45) is 4.99 Å². The fourth-order valence-corrected chi connectivity index (χ4v) is 3.45. The van der Waals surface area contributed by atoms with Crippen molar-refractivity contribution in [2.75, 3.05) is 39.0 Å². The number of nitrogens with zero attached hydrogens (tertiary/aromatic N) is 2. The zero-order valence-corrected chi connectivity index (χ0v) is 20.5. The molecule has 0 radical (unpaired) electrons. The standard InChI is InChI=1S/C18H30F2N4O4S.HI/c1-4-21-18(22-11-6-12-24(5-2)29(3,26)27)23-13-16(25)14-7-9-15(10-8-14)28-17(19)20;/h7-10,16-17,25H,4-6,11-13H2,1-3H3,(H2,21,22,23);1H. The molecule has 0 aliphatic heterocycles. The van der Waals surface area contributed by atoms with Gasteiger partial charge < -0.3 is 20.5 Å². The molecule has 0 fully saturated rings. The van der Waals surface area contributed by atoms with Gasteiger partial charge in [0, 0.05) is 26.2 Å². The number of nitrogens with one attached hydrogen (secondary N) is 2. The summed E-state index contributed by atoms with van der Waals surface area (Å²) in [6.45, 7) is 2.79. The molecular weight excluding hydrogens is 533 g/mol. The van der Waals surface area contributed by atoms with Crippen LogP contribution >= 0.6 is 24.0 Å². The summed E-state index contributed by atoms with van der Waals surface area (Å²) in [7, 11) is -3.21. The summed E-state index contributed by atoms with van der Waals surface area (Å²) in [5.41, 5.74) is 0.526. The molecule has 0 aliphatic carbocycles. The Kier molecular flexibility index (Phi) is 14.1. The number of guanidine groups is 1. The first kappa shape index (κ1) is 28.8. The minimum absolute atomic E-state index is 0. The third kappa shape index (κ3) is 11.2. The van der Waals surface area contributed by atoms with Crippen LogP contribution in [-0.2, 0) is 10.0 Å². The Morgan fingerprint density at radius 3 is 2.37 bits per heavy atom. The van der Waals surface area contributed by atoms with Crippen molar-refractivity contribution in [3.8, 4) is 5.75 Å². The molecule has 0 aromatic heterocycles. The molecule has 0 saturated heterocycles. The Labute approximate surface area is 194 Å². The summed E-state index contributed by atoms with van der Waals surface area (Å²) >= 11 is 0. The van der Waals surface area contributed by atoms with Crippen molar-refractivity contribution < 1.29 is 27.0 Å². The number of alkyl halides is 2. The topological polar surface area (TPSA) is 103 Å². The fourth-order valence-electron chi connectivity index (χ4n) is 2.52. The lowest BCUT2D eigenvalue weighted by molar-refractivity contribution is -0.0498. The summed E-state index contributed by atoms with van der Waals surface area (Å²) in [5.74, 6) is 0.510. The van der Waals surface area contributed by atoms with Gasteiger partial charge in [-0.05, 0) is 31.0 Å². The zero-order chi connectivity index (χ0) is 21.9. The molecule has 0 amide bonds. The molecular formula is C18H31F2IN4O4S. The van der Waals surface area contributed by atoms with Crippen LogP contribution in [-0.4, -0.2) is 69.4 Å². The first-order chi connectivity index (χ1) is 13.7. The highest BCUT2D eigenvalue weighted by molar-refractivity contribution is 14.0. The number of sulfonamides is 1. The Balaban J connectivity index is 0.00000841. The van der Waals surface area contributed by atoms with Gasteiger partial charge >= 0.3 is 6.61 Å². The molecule has 1 unspecified atom stereocenters. The lowest BCUT2D eigenvalue weighted by Gasteiger charge is -2.18. The van der Waals surface area contributed by atoms with Crippen molar-refractivity contribution in [3.05, 3.63) is 29.8 Å². The van der Waals surface area contributed by atoms with E-state index in [0.717, 1.165) is 0 Å². The molecule has 1 atom stereocenters. The van der Waals surface area contributed by atoms with Crippen LogP contribution in [0.15, 0.2) is 29.3 Å². The molecule has 12 heteroatoms. The number of aliphatic hydroxyl groups excluding tert-OH is 1. The van der Waals surface area contributed by atoms with Crippen LogP contribution in [0.1, 0.15) is 31.9 Å². The number of aliphatic imine (C=N–C) groups is 1. The number of rotatable bonds is 12. The highest BCUT2D eigenvalue weighted by Crippen LogP contribution is 2.19. The molecule has 0 saturated carbocycles. The molecule has 0 aliphatic rings. The van der Waals surface area contributed by atoms with Gasteiger partial charge in [-0.2, -0.15) is 8.78 Å². The molecule has 174 valence electrons. The van der Waals surface area contributed by atoms with E-state index in [0.29, 0.717) is 44.1 Å². The van der Waals surface area contributed by atoms with Crippen molar-refractivity contribution in [1.82, 2.24) is 14.9 Å². The Morgan fingerprint density at radius 1 is 1.23 bits per heavy atom. The highest BCUT2D eigenvalue weighted by atomic mass is 127. The van der Waals surface area contributed by atoms with E-state index in [9.17, 15) is 22.3 Å².